The van der Waals surface area contributed by atoms with Crippen LogP contribution in [0.1, 0.15) is 10.5 Å². The second kappa shape index (κ2) is 3.79. The van der Waals surface area contributed by atoms with Gasteiger partial charge in [-0.15, -0.1) is 0 Å². The van der Waals surface area contributed by atoms with Gasteiger partial charge >= 0.3 is 5.97 Å². The van der Waals surface area contributed by atoms with Crippen molar-refractivity contribution in [2.24, 2.45) is 0 Å². The maximum atomic E-state index is 10.8. The summed E-state index contributed by atoms with van der Waals surface area (Å²) >= 11 is 9.12. The van der Waals surface area contributed by atoms with Gasteiger partial charge in [0.1, 0.15) is 5.69 Å². The van der Waals surface area contributed by atoms with E-state index in [1.54, 1.807) is 18.2 Å². The quantitative estimate of drug-likeness (QED) is 0.874. The van der Waals surface area contributed by atoms with Crippen LogP contribution >= 0.6 is 27.5 Å². The highest BCUT2D eigenvalue weighted by Gasteiger charge is 2.09. The Morgan fingerprint density at radius 2 is 2.13 bits per heavy atom. The highest BCUT2D eigenvalue weighted by molar-refractivity contribution is 9.10. The van der Waals surface area contributed by atoms with Crippen LogP contribution < -0.4 is 0 Å². The van der Waals surface area contributed by atoms with Crippen molar-refractivity contribution in [2.75, 3.05) is 0 Å². The number of halogens is 2. The van der Waals surface area contributed by atoms with E-state index < -0.39 is 5.97 Å². The lowest BCUT2D eigenvalue weighted by Gasteiger charge is -2.02. The second-order valence-corrected chi connectivity index (χ2v) is 4.25. The molecule has 2 rings (SSSR count). The van der Waals surface area contributed by atoms with E-state index in [2.05, 4.69) is 20.9 Å². The van der Waals surface area contributed by atoms with Crippen LogP contribution in [0.4, 0.5) is 0 Å². The van der Waals surface area contributed by atoms with Gasteiger partial charge in [-0.05, 0) is 24.3 Å². The Bertz CT molecular complexity index is 556. The number of carboxylic acid groups (broad SMARTS) is 1. The molecule has 0 aliphatic carbocycles. The van der Waals surface area contributed by atoms with Crippen LogP contribution in [0, 0.1) is 0 Å². The molecule has 0 fully saturated rings. The Kier molecular flexibility index (Phi) is 2.63. The zero-order valence-corrected chi connectivity index (χ0v) is 9.71. The fourth-order valence-corrected chi connectivity index (χ4v) is 1.97. The third-order valence-electron chi connectivity index (χ3n) is 1.94. The number of pyridine rings is 1. The Labute approximate surface area is 98.8 Å². The predicted octanol–water partition coefficient (Wildman–Crippen LogP) is 3.35. The number of hydrogen-bond donors (Lipinski definition) is 1. The summed E-state index contributed by atoms with van der Waals surface area (Å²) in [6, 6.07) is 6.56. The summed E-state index contributed by atoms with van der Waals surface area (Å²) < 4.78 is 0.674. The van der Waals surface area contributed by atoms with E-state index in [0.717, 1.165) is 5.39 Å². The van der Waals surface area contributed by atoms with Crippen molar-refractivity contribution in [2.45, 2.75) is 0 Å². The molecule has 0 aliphatic rings. The maximum Gasteiger partial charge on any atom is 0.354 e. The molecule has 0 bridgehead atoms. The van der Waals surface area contributed by atoms with Crippen molar-refractivity contribution in [3.63, 3.8) is 0 Å². The standard InChI is InChI=1S/C10H5BrClNO2/c11-7-4-9(10(14)15)13-8-2-1-5(12)3-6(7)8/h1-4H,(H,14,15). The van der Waals surface area contributed by atoms with Crippen LogP contribution in [0.2, 0.25) is 5.02 Å². The molecule has 1 N–H and O–H groups in total. The van der Waals surface area contributed by atoms with E-state index in [-0.39, 0.29) is 5.69 Å². The van der Waals surface area contributed by atoms with Crippen LogP contribution in [0.3, 0.4) is 0 Å². The molecule has 0 saturated heterocycles. The summed E-state index contributed by atoms with van der Waals surface area (Å²) in [7, 11) is 0. The van der Waals surface area contributed by atoms with Gasteiger partial charge in [0.25, 0.3) is 0 Å². The summed E-state index contributed by atoms with van der Waals surface area (Å²) in [5.41, 5.74) is 0.614. The summed E-state index contributed by atoms with van der Waals surface area (Å²) in [5.74, 6) is -1.05. The average molecular weight is 287 g/mol. The van der Waals surface area contributed by atoms with Crippen LogP contribution in [0.25, 0.3) is 10.9 Å². The minimum atomic E-state index is -1.05. The molecule has 1 heterocycles. The van der Waals surface area contributed by atoms with Gasteiger partial charge in [0, 0.05) is 14.9 Å². The van der Waals surface area contributed by atoms with Crippen molar-refractivity contribution in [1.82, 2.24) is 4.98 Å². The molecule has 0 radical (unpaired) electrons. The van der Waals surface area contributed by atoms with E-state index in [9.17, 15) is 4.79 Å². The van der Waals surface area contributed by atoms with Crippen LogP contribution in [-0.4, -0.2) is 16.1 Å². The van der Waals surface area contributed by atoms with Gasteiger partial charge in [-0.3, -0.25) is 0 Å². The lowest BCUT2D eigenvalue weighted by atomic mass is 10.2. The SMILES string of the molecule is O=C(O)c1cc(Br)c2cc(Cl)ccc2n1. The largest absolute Gasteiger partial charge is 0.477 e. The number of rotatable bonds is 1. The van der Waals surface area contributed by atoms with E-state index >= 15 is 0 Å². The predicted molar refractivity (Wildman–Crippen MR) is 61.4 cm³/mol. The Morgan fingerprint density at radius 3 is 2.80 bits per heavy atom. The number of nitrogens with zero attached hydrogens (tertiary/aromatic N) is 1. The normalized spacial score (nSPS) is 10.5. The van der Waals surface area contributed by atoms with Gasteiger partial charge in [-0.2, -0.15) is 0 Å². The summed E-state index contributed by atoms with van der Waals surface area (Å²) in [6.07, 6.45) is 0. The first-order valence-corrected chi connectivity index (χ1v) is 5.24. The molecule has 0 aliphatic heterocycles. The van der Waals surface area contributed by atoms with Gasteiger partial charge in [-0.1, -0.05) is 27.5 Å². The molecular weight excluding hydrogens is 281 g/mol. The molecule has 0 spiro atoms. The first-order chi connectivity index (χ1) is 7.08. The summed E-state index contributed by atoms with van der Waals surface area (Å²) in [5, 5.41) is 10.2. The third kappa shape index (κ3) is 1.96. The monoisotopic (exact) mass is 285 g/mol. The van der Waals surface area contributed by atoms with E-state index in [4.69, 9.17) is 16.7 Å². The summed E-state index contributed by atoms with van der Waals surface area (Å²) in [4.78, 5) is 14.7. The Hall–Kier alpha value is -1.13. The highest BCUT2D eigenvalue weighted by atomic mass is 79.9. The molecule has 0 amide bonds. The third-order valence-corrected chi connectivity index (χ3v) is 2.83. The second-order valence-electron chi connectivity index (χ2n) is 2.96. The van der Waals surface area contributed by atoms with E-state index in [0.29, 0.717) is 15.0 Å². The van der Waals surface area contributed by atoms with Crippen molar-refractivity contribution in [3.05, 3.63) is 39.5 Å². The molecule has 0 saturated carbocycles. The minimum absolute atomic E-state index is 0.0108. The van der Waals surface area contributed by atoms with Gasteiger partial charge in [-0.25, -0.2) is 9.78 Å². The van der Waals surface area contributed by atoms with Gasteiger partial charge in [0.15, 0.2) is 0 Å². The molecule has 1 aromatic carbocycles. The zero-order valence-electron chi connectivity index (χ0n) is 7.37. The van der Waals surface area contributed by atoms with Crippen LogP contribution in [0.15, 0.2) is 28.7 Å². The lowest BCUT2D eigenvalue weighted by molar-refractivity contribution is 0.0691. The highest BCUT2D eigenvalue weighted by Crippen LogP contribution is 2.26. The smallest absolute Gasteiger partial charge is 0.354 e. The number of benzene rings is 1. The number of hydrogen-bond acceptors (Lipinski definition) is 2. The molecule has 2 aromatic rings. The Morgan fingerprint density at radius 1 is 1.40 bits per heavy atom. The van der Waals surface area contributed by atoms with Gasteiger partial charge < -0.3 is 5.11 Å². The van der Waals surface area contributed by atoms with E-state index in [1.807, 2.05) is 0 Å². The number of carboxylic acids is 1. The first-order valence-electron chi connectivity index (χ1n) is 4.07. The topological polar surface area (TPSA) is 50.2 Å². The van der Waals surface area contributed by atoms with Gasteiger partial charge in [0.2, 0.25) is 0 Å². The zero-order chi connectivity index (χ0) is 11.0. The Balaban J connectivity index is 2.78. The van der Waals surface area contributed by atoms with Crippen LogP contribution in [-0.2, 0) is 0 Å². The molecule has 15 heavy (non-hydrogen) atoms. The minimum Gasteiger partial charge on any atom is -0.477 e. The van der Waals surface area contributed by atoms with Crippen molar-refractivity contribution < 1.29 is 9.90 Å². The molecular formula is C10H5BrClNO2. The van der Waals surface area contributed by atoms with Crippen LogP contribution in [0.5, 0.6) is 0 Å². The average Bonchev–Trinajstić information content (AvgIpc) is 2.18. The fourth-order valence-electron chi connectivity index (χ4n) is 1.27. The van der Waals surface area contributed by atoms with E-state index in [1.165, 1.54) is 6.07 Å². The van der Waals surface area contributed by atoms with Gasteiger partial charge in [0.05, 0.1) is 5.52 Å². The molecule has 0 atom stereocenters. The van der Waals surface area contributed by atoms with Crippen molar-refractivity contribution in [3.8, 4) is 0 Å². The lowest BCUT2D eigenvalue weighted by Crippen LogP contribution is -2.00. The molecule has 5 heteroatoms. The maximum absolute atomic E-state index is 10.8. The molecule has 76 valence electrons. The number of aromatic nitrogens is 1. The van der Waals surface area contributed by atoms with Crippen molar-refractivity contribution >= 4 is 44.4 Å². The molecule has 0 unspecified atom stereocenters. The molecule has 3 nitrogen and oxygen atoms in total. The number of carbonyl (C=O) groups is 1. The first kappa shape index (κ1) is 10.4. The number of fused-ring (bicyclic) bond motifs is 1. The molecule has 1 aromatic heterocycles. The summed E-state index contributed by atoms with van der Waals surface area (Å²) in [6.45, 7) is 0. The number of aromatic carboxylic acids is 1. The fraction of sp³-hybridized carbons (Fsp3) is 0. The van der Waals surface area contributed by atoms with Crippen molar-refractivity contribution in [1.29, 1.82) is 0 Å².